The van der Waals surface area contributed by atoms with Crippen LogP contribution in [0.4, 0.5) is 0 Å². The zero-order valence-corrected chi connectivity index (χ0v) is 29.6. The van der Waals surface area contributed by atoms with Gasteiger partial charge in [0.2, 0.25) is 0 Å². The van der Waals surface area contributed by atoms with Gasteiger partial charge in [-0.25, -0.2) is 0 Å². The number of aliphatic hydroxyl groups is 1. The van der Waals surface area contributed by atoms with E-state index >= 15 is 0 Å². The maximum absolute atomic E-state index is 11.6. The molecule has 51 heavy (non-hydrogen) atoms. The Labute approximate surface area is 303 Å². The highest BCUT2D eigenvalue weighted by Crippen LogP contribution is 2.56. The van der Waals surface area contributed by atoms with Crippen LogP contribution >= 0.6 is 11.6 Å². The van der Waals surface area contributed by atoms with E-state index in [4.69, 9.17) is 16.6 Å². The molecule has 2 aliphatic heterocycles. The van der Waals surface area contributed by atoms with Gasteiger partial charge in [0.1, 0.15) is 6.07 Å². The number of nitrogens with zero attached hydrogens (tertiary/aromatic N) is 5. The monoisotopic (exact) mass is 702 g/mol. The van der Waals surface area contributed by atoms with Gasteiger partial charge in [-0.3, -0.25) is 24.9 Å². The van der Waals surface area contributed by atoms with Gasteiger partial charge in [-0.15, -0.1) is 11.6 Å². The third-order valence-corrected chi connectivity index (χ3v) is 12.0. The fourth-order valence-corrected chi connectivity index (χ4v) is 8.86. The Balaban J connectivity index is 1.17. The number of likely N-dealkylation sites (tertiary alicyclic amines) is 2. The third kappa shape index (κ3) is 6.19. The number of carbonyl (C=O) groups is 1. The van der Waals surface area contributed by atoms with E-state index in [2.05, 4.69) is 89.1 Å². The van der Waals surface area contributed by atoms with E-state index in [0.717, 1.165) is 71.4 Å². The van der Waals surface area contributed by atoms with Crippen LogP contribution < -0.4 is 5.32 Å². The lowest BCUT2D eigenvalue weighted by atomic mass is 9.70. The van der Waals surface area contributed by atoms with Crippen molar-refractivity contribution in [2.75, 3.05) is 26.2 Å². The van der Waals surface area contributed by atoms with Crippen LogP contribution in [-0.4, -0.2) is 72.5 Å². The lowest BCUT2D eigenvalue weighted by Gasteiger charge is -2.49. The van der Waals surface area contributed by atoms with Crippen LogP contribution in [0.15, 0.2) is 91.4 Å². The summed E-state index contributed by atoms with van der Waals surface area (Å²) in [6.45, 7) is 6.21. The molecule has 4 aromatic rings. The summed E-state index contributed by atoms with van der Waals surface area (Å²) in [6, 6.07) is 21.0. The number of benzene rings is 1. The quantitative estimate of drug-likeness (QED) is 0.178. The maximum atomic E-state index is 11.6. The molecule has 1 saturated carbocycles. The molecule has 3 fully saturated rings. The van der Waals surface area contributed by atoms with E-state index in [1.54, 1.807) is 0 Å². The second kappa shape index (κ2) is 13.0. The normalized spacial score (nSPS) is 27.5. The molecule has 2 unspecified atom stereocenters. The molecule has 2 aliphatic carbocycles. The van der Waals surface area contributed by atoms with Gasteiger partial charge in [0, 0.05) is 51.3 Å². The second-order valence-corrected chi connectivity index (χ2v) is 15.8. The number of pyridine rings is 2. The van der Waals surface area contributed by atoms with Crippen molar-refractivity contribution < 1.29 is 15.0 Å². The number of rotatable bonds is 10. The highest BCUT2D eigenvalue weighted by Gasteiger charge is 2.58. The molecule has 0 bridgehead atoms. The number of aliphatic carboxylic acids is 1. The number of carboxylic acids is 1. The number of hydrogen-bond donors (Lipinski definition) is 3. The molecular formula is C41H43ClN6O3. The third-order valence-electron chi connectivity index (χ3n) is 11.5. The number of allylic oxidation sites excluding steroid dienone is 2. The maximum Gasteiger partial charge on any atom is 0.307 e. The summed E-state index contributed by atoms with van der Waals surface area (Å²) >= 11 is 7.91. The number of alkyl halides is 1. The van der Waals surface area contributed by atoms with Crippen molar-refractivity contribution in [1.29, 1.82) is 5.26 Å². The molecule has 9 nitrogen and oxygen atoms in total. The fourth-order valence-electron chi connectivity index (χ4n) is 8.47. The summed E-state index contributed by atoms with van der Waals surface area (Å²) < 4.78 is 2.03. The molecule has 10 heteroatoms. The minimum absolute atomic E-state index is 0.255. The lowest BCUT2D eigenvalue weighted by molar-refractivity contribution is -0.141. The number of nitriles is 1. The molecule has 0 amide bonds. The van der Waals surface area contributed by atoms with Gasteiger partial charge in [0.25, 0.3) is 0 Å². The molecule has 0 spiro atoms. The minimum atomic E-state index is -0.947. The van der Waals surface area contributed by atoms with Crippen LogP contribution in [0.5, 0.6) is 0 Å². The summed E-state index contributed by atoms with van der Waals surface area (Å²) in [4.78, 5) is 20.1. The predicted octanol–water partition coefficient (Wildman–Crippen LogP) is 5.80. The van der Waals surface area contributed by atoms with Gasteiger partial charge in [-0.05, 0) is 85.2 Å². The van der Waals surface area contributed by atoms with Crippen LogP contribution in [-0.2, 0) is 29.0 Å². The number of aliphatic hydroxyl groups excluding tert-OH is 1. The van der Waals surface area contributed by atoms with Crippen LogP contribution in [0.3, 0.4) is 0 Å². The lowest BCUT2D eigenvalue weighted by Crippen LogP contribution is -2.59. The molecule has 0 radical (unpaired) electrons. The van der Waals surface area contributed by atoms with Crippen molar-refractivity contribution in [3.8, 4) is 6.07 Å². The first kappa shape index (κ1) is 33.8. The van der Waals surface area contributed by atoms with Crippen molar-refractivity contribution in [2.45, 2.75) is 67.8 Å². The van der Waals surface area contributed by atoms with Gasteiger partial charge < -0.3 is 14.6 Å². The molecule has 262 valence electrons. The van der Waals surface area contributed by atoms with Crippen molar-refractivity contribution in [1.82, 2.24) is 24.5 Å². The van der Waals surface area contributed by atoms with Gasteiger partial charge in [0.15, 0.2) is 0 Å². The van der Waals surface area contributed by atoms with Crippen molar-refractivity contribution in [3.63, 3.8) is 0 Å². The number of halogens is 1. The Morgan fingerprint density at radius 2 is 1.80 bits per heavy atom. The van der Waals surface area contributed by atoms with Crippen molar-refractivity contribution in [2.24, 2.45) is 5.92 Å². The Bertz CT molecular complexity index is 2060. The average Bonchev–Trinajstić information content (AvgIpc) is 3.41. The summed E-state index contributed by atoms with van der Waals surface area (Å²) in [6.07, 6.45) is 15.4. The highest BCUT2D eigenvalue weighted by atomic mass is 35.5. The van der Waals surface area contributed by atoms with Crippen molar-refractivity contribution in [3.05, 3.63) is 125 Å². The Hall–Kier alpha value is -4.30. The van der Waals surface area contributed by atoms with Crippen molar-refractivity contribution >= 4 is 28.7 Å². The Morgan fingerprint density at radius 3 is 2.47 bits per heavy atom. The highest BCUT2D eigenvalue weighted by molar-refractivity contribution is 6.31. The number of hydrogen-bond acceptors (Lipinski definition) is 7. The zero-order valence-electron chi connectivity index (χ0n) is 28.8. The smallest absolute Gasteiger partial charge is 0.307 e. The minimum Gasteiger partial charge on any atom is -0.481 e. The second-order valence-electron chi connectivity index (χ2n) is 15.0. The molecule has 5 heterocycles. The SMILES string of the molecule is CC1(Cl)C(c2ccccc2)=CC=CC1(NC1(c2ccc(CN3CC[C@@H](O)C3)cn2)CC1)c1cc2c(C#N)cc(CN3CC[C@@H](C(=O)O)C3)cn2c1. The Kier molecular flexibility index (Phi) is 8.64. The summed E-state index contributed by atoms with van der Waals surface area (Å²) in [5.41, 5.74) is 6.07. The first-order chi connectivity index (χ1) is 24.6. The summed E-state index contributed by atoms with van der Waals surface area (Å²) in [5.74, 6) is -1.12. The molecule has 4 aliphatic rings. The van der Waals surface area contributed by atoms with E-state index < -0.39 is 21.9 Å². The summed E-state index contributed by atoms with van der Waals surface area (Å²) in [7, 11) is 0. The van der Waals surface area contributed by atoms with E-state index in [0.29, 0.717) is 38.2 Å². The van der Waals surface area contributed by atoms with Gasteiger partial charge in [-0.2, -0.15) is 5.26 Å². The van der Waals surface area contributed by atoms with Gasteiger partial charge in [0.05, 0.1) is 44.7 Å². The molecule has 3 aromatic heterocycles. The first-order valence-electron chi connectivity index (χ1n) is 17.9. The molecule has 4 atom stereocenters. The standard InChI is InChI=1S/C41H43ClN6O3/c1-39(42)35(30-6-3-2-4-7-30)8-5-13-41(39,45-40(14-15-40)37-10-9-28(21-44-37)22-47-17-12-34(49)27-47)33-19-36-32(20-43)18-29(24-48(36)26-33)23-46-16-11-31(25-46)38(50)51/h2-10,13,18-19,21,24,26,31,34,45,49H,11-12,14-17,22-23,25,27H2,1H3,(H,50,51)/t31-,34-,39?,41?/m1/s1. The number of β-amino-alcohol motifs (C(OH)–C–C–N with tert-alkyl or cyclic N) is 1. The average molecular weight is 703 g/mol. The number of aromatic nitrogens is 2. The predicted molar refractivity (Wildman–Crippen MR) is 197 cm³/mol. The van der Waals surface area contributed by atoms with Crippen LogP contribution in [0, 0.1) is 17.2 Å². The fraction of sp³-hybridized carbons (Fsp3) is 0.390. The van der Waals surface area contributed by atoms with Gasteiger partial charge >= 0.3 is 5.97 Å². The van der Waals surface area contributed by atoms with Crippen LogP contribution in [0.25, 0.3) is 11.1 Å². The largest absolute Gasteiger partial charge is 0.481 e. The summed E-state index contributed by atoms with van der Waals surface area (Å²) in [5, 5.41) is 34.0. The first-order valence-corrected chi connectivity index (χ1v) is 18.3. The van der Waals surface area contributed by atoms with E-state index in [1.165, 1.54) is 0 Å². The van der Waals surface area contributed by atoms with Crippen LogP contribution in [0.1, 0.15) is 66.1 Å². The Morgan fingerprint density at radius 1 is 1.04 bits per heavy atom. The van der Waals surface area contributed by atoms with E-state index in [1.807, 2.05) is 34.9 Å². The van der Waals surface area contributed by atoms with Gasteiger partial charge in [-0.1, -0.05) is 54.6 Å². The molecular weight excluding hydrogens is 660 g/mol. The zero-order chi connectivity index (χ0) is 35.4. The van der Waals surface area contributed by atoms with E-state index in [-0.39, 0.29) is 12.0 Å². The molecule has 1 aromatic carbocycles. The molecule has 8 rings (SSSR count). The number of nitrogens with one attached hydrogen (secondary N) is 1. The van der Waals surface area contributed by atoms with E-state index in [9.17, 15) is 20.3 Å². The molecule has 2 saturated heterocycles. The molecule has 3 N–H and O–H groups in total. The number of fused-ring (bicyclic) bond motifs is 1. The number of carboxylic acid groups (broad SMARTS) is 1. The van der Waals surface area contributed by atoms with Crippen LogP contribution in [0.2, 0.25) is 0 Å². The topological polar surface area (TPSA) is 117 Å².